The third-order valence-corrected chi connectivity index (χ3v) is 3.73. The van der Waals surface area contributed by atoms with Crippen molar-refractivity contribution < 1.29 is 9.47 Å². The first-order chi connectivity index (χ1) is 8.76. The molecule has 0 unspecified atom stereocenters. The van der Waals surface area contributed by atoms with Crippen LogP contribution in [0.3, 0.4) is 0 Å². The van der Waals surface area contributed by atoms with Crippen LogP contribution in [0.4, 0.5) is 0 Å². The highest BCUT2D eigenvalue weighted by atomic mass is 35.5. The fourth-order valence-corrected chi connectivity index (χ4v) is 2.63. The summed E-state index contributed by atoms with van der Waals surface area (Å²) in [5, 5.41) is 3.94. The van der Waals surface area contributed by atoms with Gasteiger partial charge in [0, 0.05) is 0 Å². The third-order valence-electron chi connectivity index (χ3n) is 3.36. The molecular formula is C14H20ClNO2. The number of hydrogen-bond donors (Lipinski definition) is 1. The largest absolute Gasteiger partial charge is 0.495 e. The van der Waals surface area contributed by atoms with Crippen molar-refractivity contribution >= 4 is 11.6 Å². The number of nitrogens with one attached hydrogen (secondary N) is 1. The summed E-state index contributed by atoms with van der Waals surface area (Å²) >= 11 is 6.24. The first-order valence-corrected chi connectivity index (χ1v) is 6.85. The predicted molar refractivity (Wildman–Crippen MR) is 74.0 cm³/mol. The van der Waals surface area contributed by atoms with Gasteiger partial charge in [0.15, 0.2) is 0 Å². The lowest BCUT2D eigenvalue weighted by atomic mass is 9.90. The smallest absolute Gasteiger partial charge is 0.141 e. The van der Waals surface area contributed by atoms with E-state index < -0.39 is 0 Å². The quantitative estimate of drug-likeness (QED) is 0.910. The van der Waals surface area contributed by atoms with Gasteiger partial charge in [-0.3, -0.25) is 0 Å². The van der Waals surface area contributed by atoms with E-state index in [1.165, 1.54) is 5.56 Å². The SMILES string of the molecule is CCOc1cc(C2CCNCC2)cc(OC)c1Cl. The Balaban J connectivity index is 2.31. The number of methoxy groups -OCH3 is 1. The molecule has 18 heavy (non-hydrogen) atoms. The molecule has 4 heteroatoms. The van der Waals surface area contributed by atoms with Crippen molar-refractivity contribution in [2.24, 2.45) is 0 Å². The second-order valence-corrected chi connectivity index (χ2v) is 4.87. The number of halogens is 1. The highest BCUT2D eigenvalue weighted by Crippen LogP contribution is 2.39. The first-order valence-electron chi connectivity index (χ1n) is 6.47. The van der Waals surface area contributed by atoms with Gasteiger partial charge in [0.25, 0.3) is 0 Å². The molecule has 0 saturated carbocycles. The lowest BCUT2D eigenvalue weighted by molar-refractivity contribution is 0.335. The maximum Gasteiger partial charge on any atom is 0.141 e. The molecule has 0 aromatic heterocycles. The molecule has 0 spiro atoms. The van der Waals surface area contributed by atoms with Crippen molar-refractivity contribution in [2.45, 2.75) is 25.7 Å². The Morgan fingerprint density at radius 3 is 2.56 bits per heavy atom. The van der Waals surface area contributed by atoms with Crippen LogP contribution in [0, 0.1) is 0 Å². The maximum atomic E-state index is 6.24. The van der Waals surface area contributed by atoms with Crippen LogP contribution in [-0.2, 0) is 0 Å². The van der Waals surface area contributed by atoms with Crippen LogP contribution in [0.15, 0.2) is 12.1 Å². The van der Waals surface area contributed by atoms with Crippen molar-refractivity contribution in [1.82, 2.24) is 5.32 Å². The molecule has 0 radical (unpaired) electrons. The van der Waals surface area contributed by atoms with Crippen LogP contribution < -0.4 is 14.8 Å². The topological polar surface area (TPSA) is 30.5 Å². The van der Waals surface area contributed by atoms with E-state index in [9.17, 15) is 0 Å². The Morgan fingerprint density at radius 1 is 1.28 bits per heavy atom. The Hall–Kier alpha value is -0.930. The summed E-state index contributed by atoms with van der Waals surface area (Å²) in [4.78, 5) is 0. The van der Waals surface area contributed by atoms with Gasteiger partial charge >= 0.3 is 0 Å². The molecule has 100 valence electrons. The van der Waals surface area contributed by atoms with E-state index in [0.29, 0.717) is 23.3 Å². The monoisotopic (exact) mass is 269 g/mol. The van der Waals surface area contributed by atoms with Crippen molar-refractivity contribution in [2.75, 3.05) is 26.8 Å². The molecule has 1 aromatic rings. The highest BCUT2D eigenvalue weighted by molar-refractivity contribution is 6.33. The number of piperidine rings is 1. The van der Waals surface area contributed by atoms with Crippen LogP contribution >= 0.6 is 11.6 Å². The van der Waals surface area contributed by atoms with Gasteiger partial charge in [-0.15, -0.1) is 0 Å². The Morgan fingerprint density at radius 2 is 1.94 bits per heavy atom. The van der Waals surface area contributed by atoms with Crippen molar-refractivity contribution in [3.8, 4) is 11.5 Å². The van der Waals surface area contributed by atoms with Crippen molar-refractivity contribution in [3.05, 3.63) is 22.7 Å². The molecule has 1 aliphatic heterocycles. The molecule has 1 aliphatic rings. The number of ether oxygens (including phenoxy) is 2. The van der Waals surface area contributed by atoms with E-state index in [-0.39, 0.29) is 0 Å². The van der Waals surface area contributed by atoms with Crippen LogP contribution in [0.1, 0.15) is 31.2 Å². The van der Waals surface area contributed by atoms with E-state index in [2.05, 4.69) is 11.4 Å². The zero-order chi connectivity index (χ0) is 13.0. The normalized spacial score (nSPS) is 16.6. The summed E-state index contributed by atoms with van der Waals surface area (Å²) in [6.45, 7) is 4.71. The van der Waals surface area contributed by atoms with Gasteiger partial charge in [-0.25, -0.2) is 0 Å². The summed E-state index contributed by atoms with van der Waals surface area (Å²) in [6.07, 6.45) is 2.30. The van der Waals surface area contributed by atoms with Crippen LogP contribution in [0.2, 0.25) is 5.02 Å². The number of hydrogen-bond acceptors (Lipinski definition) is 3. The molecule has 0 atom stereocenters. The third kappa shape index (κ3) is 2.90. The van der Waals surface area contributed by atoms with E-state index >= 15 is 0 Å². The molecule has 1 N–H and O–H groups in total. The molecule has 1 heterocycles. The maximum absolute atomic E-state index is 6.24. The minimum atomic E-state index is 0.566. The molecular weight excluding hydrogens is 250 g/mol. The van der Waals surface area contributed by atoms with Crippen LogP contribution in [0.5, 0.6) is 11.5 Å². The molecule has 0 bridgehead atoms. The second kappa shape index (κ2) is 6.30. The summed E-state index contributed by atoms with van der Waals surface area (Å²) in [7, 11) is 1.64. The van der Waals surface area contributed by atoms with Gasteiger partial charge in [0.1, 0.15) is 16.5 Å². The summed E-state index contributed by atoms with van der Waals surface area (Å²) in [6, 6.07) is 4.10. The molecule has 2 rings (SSSR count). The number of rotatable bonds is 4. The van der Waals surface area contributed by atoms with E-state index in [1.807, 2.05) is 13.0 Å². The first kappa shape index (κ1) is 13.5. The van der Waals surface area contributed by atoms with Crippen LogP contribution in [0.25, 0.3) is 0 Å². The Kier molecular flexibility index (Phi) is 4.72. The lowest BCUT2D eigenvalue weighted by Crippen LogP contribution is -2.26. The minimum Gasteiger partial charge on any atom is -0.495 e. The molecule has 1 aromatic carbocycles. The second-order valence-electron chi connectivity index (χ2n) is 4.49. The van der Waals surface area contributed by atoms with Gasteiger partial charge in [-0.2, -0.15) is 0 Å². The minimum absolute atomic E-state index is 0.566. The number of benzene rings is 1. The standard InChI is InChI=1S/C14H20ClNO2/c1-3-18-13-9-11(8-12(17-2)14(13)15)10-4-6-16-7-5-10/h8-10,16H,3-7H2,1-2H3. The molecule has 1 saturated heterocycles. The predicted octanol–water partition coefficient (Wildman–Crippen LogP) is 3.21. The summed E-state index contributed by atoms with van der Waals surface area (Å²) in [5.74, 6) is 2.00. The average molecular weight is 270 g/mol. The Labute approximate surface area is 113 Å². The molecule has 3 nitrogen and oxygen atoms in total. The zero-order valence-electron chi connectivity index (χ0n) is 11.0. The summed E-state index contributed by atoms with van der Waals surface area (Å²) in [5.41, 5.74) is 1.27. The van der Waals surface area contributed by atoms with Gasteiger partial charge < -0.3 is 14.8 Å². The van der Waals surface area contributed by atoms with Gasteiger partial charge in [-0.1, -0.05) is 11.6 Å². The zero-order valence-corrected chi connectivity index (χ0v) is 11.7. The average Bonchev–Trinajstić information content (AvgIpc) is 2.42. The lowest BCUT2D eigenvalue weighted by Gasteiger charge is -2.24. The highest BCUT2D eigenvalue weighted by Gasteiger charge is 2.19. The van der Waals surface area contributed by atoms with Crippen molar-refractivity contribution in [1.29, 1.82) is 0 Å². The molecule has 1 fully saturated rings. The molecule has 0 aliphatic carbocycles. The molecule has 0 amide bonds. The van der Waals surface area contributed by atoms with Gasteiger partial charge in [0.05, 0.1) is 13.7 Å². The van der Waals surface area contributed by atoms with Crippen LogP contribution in [-0.4, -0.2) is 26.8 Å². The van der Waals surface area contributed by atoms with Crippen molar-refractivity contribution in [3.63, 3.8) is 0 Å². The Bertz CT molecular complexity index is 403. The van der Waals surface area contributed by atoms with E-state index in [4.69, 9.17) is 21.1 Å². The fourth-order valence-electron chi connectivity index (χ4n) is 2.39. The fraction of sp³-hybridized carbons (Fsp3) is 0.571. The summed E-state index contributed by atoms with van der Waals surface area (Å²) < 4.78 is 10.9. The van der Waals surface area contributed by atoms with E-state index in [0.717, 1.165) is 31.7 Å². The van der Waals surface area contributed by atoms with Gasteiger partial charge in [0.2, 0.25) is 0 Å². The van der Waals surface area contributed by atoms with Gasteiger partial charge in [-0.05, 0) is 56.5 Å². The van der Waals surface area contributed by atoms with E-state index in [1.54, 1.807) is 7.11 Å².